The minimum Gasteiger partial charge on any atom is -0.463 e. The first-order valence-electron chi connectivity index (χ1n) is 3.96. The van der Waals surface area contributed by atoms with Gasteiger partial charge in [0, 0.05) is 14.9 Å². The molecule has 0 aromatic heterocycles. The number of ether oxygens (including phenoxy) is 1. The van der Waals surface area contributed by atoms with Crippen molar-refractivity contribution >= 4 is 11.9 Å². The van der Waals surface area contributed by atoms with Crippen LogP contribution in [0.2, 0.25) is 0 Å². The van der Waals surface area contributed by atoms with E-state index >= 15 is 0 Å². The highest BCUT2D eigenvalue weighted by atomic mass is 16.5. The second-order valence-electron chi connectivity index (χ2n) is 2.71. The molecule has 0 heterocycles. The van der Waals surface area contributed by atoms with E-state index in [1.54, 1.807) is 13.8 Å². The molecule has 4 heteroatoms. The van der Waals surface area contributed by atoms with Gasteiger partial charge in [0.15, 0.2) is 0 Å². The maximum absolute atomic E-state index is 10.9. The zero-order valence-corrected chi connectivity index (χ0v) is 7.72. The lowest BCUT2D eigenvalue weighted by atomic mass is 10.3. The van der Waals surface area contributed by atoms with Gasteiger partial charge >= 0.3 is 5.97 Å². The van der Waals surface area contributed by atoms with Crippen molar-refractivity contribution in [2.75, 3.05) is 7.05 Å². The highest BCUT2D eigenvalue weighted by Gasteiger charge is 2.07. The Morgan fingerprint density at radius 3 is 2.42 bits per heavy atom. The third kappa shape index (κ3) is 5.70. The van der Waals surface area contributed by atoms with E-state index in [0.717, 1.165) is 0 Å². The number of hydrogen-bond donors (Lipinski definition) is 1. The van der Waals surface area contributed by atoms with Crippen LogP contribution in [-0.2, 0) is 14.3 Å². The average molecular weight is 175 g/mol. The molecule has 0 atom stereocenters. The molecule has 0 unspecified atom stereocenters. The fourth-order valence-electron chi connectivity index (χ4n) is 0.662. The molecule has 12 heavy (non-hydrogen) atoms. The first-order valence-corrected chi connectivity index (χ1v) is 3.96. The Kier molecular flexibility index (Phi) is 5.08. The van der Waals surface area contributed by atoms with Crippen LogP contribution in [0.1, 0.15) is 28.1 Å². The van der Waals surface area contributed by atoms with Crippen molar-refractivity contribution in [3.63, 3.8) is 0 Å². The third-order valence-corrected chi connectivity index (χ3v) is 1.20. The predicted octanol–water partition coefficient (Wildman–Crippen LogP) is 0.710. The number of amides is 1. The SMILES string of the molecule is CNC(=O)CCC(=O)OC(C)C.[HH]. The summed E-state index contributed by atoms with van der Waals surface area (Å²) in [6.07, 6.45) is 0.238. The van der Waals surface area contributed by atoms with Crippen molar-refractivity contribution in [2.24, 2.45) is 0 Å². The molecule has 0 aliphatic heterocycles. The molecule has 1 amide bonds. The molecule has 0 aliphatic rings. The Bertz CT molecular complexity index is 171. The third-order valence-electron chi connectivity index (χ3n) is 1.20. The zero-order chi connectivity index (χ0) is 9.56. The van der Waals surface area contributed by atoms with Crippen LogP contribution >= 0.6 is 0 Å². The van der Waals surface area contributed by atoms with E-state index in [1.807, 2.05) is 0 Å². The fraction of sp³-hybridized carbons (Fsp3) is 0.750. The minimum atomic E-state index is -0.325. The number of carbonyl (C=O) groups is 2. The van der Waals surface area contributed by atoms with Crippen LogP contribution < -0.4 is 5.32 Å². The smallest absolute Gasteiger partial charge is 0.306 e. The van der Waals surface area contributed by atoms with Gasteiger partial charge in [-0.15, -0.1) is 0 Å². The molecule has 0 rings (SSSR count). The van der Waals surface area contributed by atoms with Crippen molar-refractivity contribution in [1.29, 1.82) is 0 Å². The molecule has 1 N–H and O–H groups in total. The monoisotopic (exact) mass is 175 g/mol. The molecule has 0 bridgehead atoms. The molecule has 0 aromatic carbocycles. The Hall–Kier alpha value is -1.06. The van der Waals surface area contributed by atoms with Crippen molar-refractivity contribution in [2.45, 2.75) is 32.8 Å². The van der Waals surface area contributed by atoms with Gasteiger partial charge in [0.25, 0.3) is 0 Å². The first-order chi connectivity index (χ1) is 5.56. The van der Waals surface area contributed by atoms with Gasteiger partial charge in [-0.1, -0.05) is 0 Å². The zero-order valence-electron chi connectivity index (χ0n) is 7.72. The topological polar surface area (TPSA) is 55.4 Å². The fourth-order valence-corrected chi connectivity index (χ4v) is 0.662. The molecule has 0 saturated heterocycles. The Morgan fingerprint density at radius 2 is 2.00 bits per heavy atom. The molecule has 0 fully saturated rings. The summed E-state index contributed by atoms with van der Waals surface area (Å²) in [6.45, 7) is 3.55. The van der Waals surface area contributed by atoms with Crippen molar-refractivity contribution in [3.05, 3.63) is 0 Å². The lowest BCUT2D eigenvalue weighted by molar-refractivity contribution is -0.148. The van der Waals surface area contributed by atoms with Crippen LogP contribution in [0.5, 0.6) is 0 Å². The first kappa shape index (κ1) is 10.9. The Labute approximate surface area is 73.8 Å². The minimum absolute atomic E-state index is 0. The van der Waals surface area contributed by atoms with E-state index < -0.39 is 0 Å². The van der Waals surface area contributed by atoms with E-state index in [9.17, 15) is 9.59 Å². The van der Waals surface area contributed by atoms with Crippen LogP contribution in [0, 0.1) is 0 Å². The largest absolute Gasteiger partial charge is 0.463 e. The van der Waals surface area contributed by atoms with Gasteiger partial charge < -0.3 is 10.1 Å². The van der Waals surface area contributed by atoms with Crippen molar-refractivity contribution in [1.82, 2.24) is 5.32 Å². The standard InChI is InChI=1S/C8H15NO3.H2/c1-6(2)12-8(11)5-4-7(10)9-3;/h6H,4-5H2,1-3H3,(H,9,10);1H. The summed E-state index contributed by atoms with van der Waals surface area (Å²) in [6, 6.07) is 0. The van der Waals surface area contributed by atoms with Crippen LogP contribution in [0.3, 0.4) is 0 Å². The van der Waals surface area contributed by atoms with Crippen LogP contribution in [0.15, 0.2) is 0 Å². The summed E-state index contributed by atoms with van der Waals surface area (Å²) in [5, 5.41) is 2.43. The lowest BCUT2D eigenvalue weighted by Crippen LogP contribution is -2.20. The number of esters is 1. The normalized spacial score (nSPS) is 9.67. The Morgan fingerprint density at radius 1 is 1.42 bits per heavy atom. The van der Waals surface area contributed by atoms with Gasteiger partial charge in [-0.05, 0) is 13.8 Å². The van der Waals surface area contributed by atoms with E-state index in [1.165, 1.54) is 7.05 Å². The average Bonchev–Trinajstić information content (AvgIpc) is 1.99. The van der Waals surface area contributed by atoms with Crippen LogP contribution in [0.25, 0.3) is 0 Å². The van der Waals surface area contributed by atoms with Gasteiger partial charge in [0.05, 0.1) is 12.5 Å². The van der Waals surface area contributed by atoms with Gasteiger partial charge in [0.2, 0.25) is 5.91 Å². The number of carbonyl (C=O) groups excluding carboxylic acids is 2. The van der Waals surface area contributed by atoms with E-state index in [2.05, 4.69) is 5.32 Å². The van der Waals surface area contributed by atoms with Crippen LogP contribution in [-0.4, -0.2) is 25.0 Å². The van der Waals surface area contributed by atoms with E-state index in [-0.39, 0.29) is 32.2 Å². The quantitative estimate of drug-likeness (QED) is 0.640. The summed E-state index contributed by atoms with van der Waals surface area (Å²) in [7, 11) is 1.54. The van der Waals surface area contributed by atoms with Crippen molar-refractivity contribution in [3.8, 4) is 0 Å². The number of nitrogens with one attached hydrogen (secondary N) is 1. The molecule has 4 nitrogen and oxygen atoms in total. The number of hydrogen-bond acceptors (Lipinski definition) is 3. The van der Waals surface area contributed by atoms with E-state index in [4.69, 9.17) is 4.74 Å². The van der Waals surface area contributed by atoms with Crippen molar-refractivity contribution < 1.29 is 15.8 Å². The molecular formula is C8H17NO3. The summed E-state index contributed by atoms with van der Waals surface area (Å²) in [5.74, 6) is -0.468. The lowest BCUT2D eigenvalue weighted by Gasteiger charge is -2.06. The maximum Gasteiger partial charge on any atom is 0.306 e. The summed E-state index contributed by atoms with van der Waals surface area (Å²) in [5.41, 5.74) is 0. The molecule has 72 valence electrons. The molecule has 0 saturated carbocycles. The molecule has 0 aromatic rings. The highest BCUT2D eigenvalue weighted by Crippen LogP contribution is 1.96. The van der Waals surface area contributed by atoms with Gasteiger partial charge in [-0.3, -0.25) is 9.59 Å². The summed E-state index contributed by atoms with van der Waals surface area (Å²) >= 11 is 0. The maximum atomic E-state index is 10.9. The van der Waals surface area contributed by atoms with Gasteiger partial charge in [-0.2, -0.15) is 0 Å². The van der Waals surface area contributed by atoms with E-state index in [0.29, 0.717) is 0 Å². The number of rotatable bonds is 4. The molecule has 0 aliphatic carbocycles. The van der Waals surface area contributed by atoms with Gasteiger partial charge in [-0.25, -0.2) is 0 Å². The summed E-state index contributed by atoms with van der Waals surface area (Å²) in [4.78, 5) is 21.6. The highest BCUT2D eigenvalue weighted by molar-refractivity contribution is 5.80. The molecule has 0 radical (unpaired) electrons. The molecular weight excluding hydrogens is 158 g/mol. The van der Waals surface area contributed by atoms with Gasteiger partial charge in [0.1, 0.15) is 0 Å². The molecule has 0 spiro atoms. The predicted molar refractivity (Wildman–Crippen MR) is 46.6 cm³/mol. The summed E-state index contributed by atoms with van der Waals surface area (Å²) < 4.78 is 4.83. The van der Waals surface area contributed by atoms with Crippen LogP contribution in [0.4, 0.5) is 0 Å². The second kappa shape index (κ2) is 5.57. The second-order valence-corrected chi connectivity index (χ2v) is 2.71. The Balaban J connectivity index is 0.